The van der Waals surface area contributed by atoms with Crippen molar-refractivity contribution in [1.29, 1.82) is 0 Å². The number of aromatic nitrogens is 3. The summed E-state index contributed by atoms with van der Waals surface area (Å²) in [6, 6.07) is 4.81. The third-order valence-electron chi connectivity index (χ3n) is 2.83. The first-order valence-electron chi connectivity index (χ1n) is 6.59. The van der Waals surface area contributed by atoms with Gasteiger partial charge in [0.1, 0.15) is 0 Å². The highest BCUT2D eigenvalue weighted by Crippen LogP contribution is 2.16. The average Bonchev–Trinajstić information content (AvgIpc) is 2.92. The molecule has 2 rings (SSSR count). The van der Waals surface area contributed by atoms with Gasteiger partial charge in [0.05, 0.1) is 11.7 Å². The summed E-state index contributed by atoms with van der Waals surface area (Å²) in [5.74, 6) is 0.734. The second-order valence-electron chi connectivity index (χ2n) is 5.05. The van der Waals surface area contributed by atoms with Gasteiger partial charge in [-0.25, -0.2) is 9.67 Å². The SMILES string of the molecule is CC(C)C[C@@H](N)C(=O)Nc1cccnc1-n1cccn1. The molecule has 0 radical (unpaired) electrons. The molecule has 0 aromatic carbocycles. The van der Waals surface area contributed by atoms with E-state index in [1.165, 1.54) is 0 Å². The lowest BCUT2D eigenvalue weighted by Crippen LogP contribution is -2.37. The number of carbonyl (C=O) groups excluding carboxylic acids is 1. The number of rotatable bonds is 5. The van der Waals surface area contributed by atoms with Crippen LogP contribution in [-0.2, 0) is 4.79 Å². The maximum absolute atomic E-state index is 12.1. The van der Waals surface area contributed by atoms with Crippen molar-refractivity contribution in [2.45, 2.75) is 26.3 Å². The zero-order valence-corrected chi connectivity index (χ0v) is 11.7. The summed E-state index contributed by atoms with van der Waals surface area (Å²) in [7, 11) is 0. The van der Waals surface area contributed by atoms with Gasteiger partial charge in [0.2, 0.25) is 5.91 Å². The van der Waals surface area contributed by atoms with Crippen LogP contribution in [0.4, 0.5) is 5.69 Å². The monoisotopic (exact) mass is 273 g/mol. The van der Waals surface area contributed by atoms with Gasteiger partial charge in [-0.2, -0.15) is 5.10 Å². The molecule has 0 unspecified atom stereocenters. The number of nitrogens with two attached hydrogens (primary N) is 1. The molecule has 106 valence electrons. The number of hydrogen-bond donors (Lipinski definition) is 2. The van der Waals surface area contributed by atoms with E-state index in [1.54, 1.807) is 41.5 Å². The summed E-state index contributed by atoms with van der Waals surface area (Å²) in [5, 5.41) is 6.94. The molecule has 6 heteroatoms. The third kappa shape index (κ3) is 3.42. The first-order chi connectivity index (χ1) is 9.58. The van der Waals surface area contributed by atoms with E-state index in [9.17, 15) is 4.79 Å². The minimum atomic E-state index is -0.527. The smallest absolute Gasteiger partial charge is 0.241 e. The first kappa shape index (κ1) is 14.2. The van der Waals surface area contributed by atoms with Crippen molar-refractivity contribution >= 4 is 11.6 Å². The Morgan fingerprint density at radius 3 is 2.85 bits per heavy atom. The molecule has 6 nitrogen and oxygen atoms in total. The molecule has 20 heavy (non-hydrogen) atoms. The van der Waals surface area contributed by atoms with Crippen LogP contribution in [0.2, 0.25) is 0 Å². The molecule has 0 bridgehead atoms. The van der Waals surface area contributed by atoms with E-state index in [1.807, 2.05) is 13.8 Å². The third-order valence-corrected chi connectivity index (χ3v) is 2.83. The summed E-state index contributed by atoms with van der Waals surface area (Å²) < 4.78 is 1.60. The van der Waals surface area contributed by atoms with E-state index in [4.69, 9.17) is 5.73 Å². The van der Waals surface area contributed by atoms with Gasteiger partial charge in [0, 0.05) is 18.6 Å². The zero-order chi connectivity index (χ0) is 14.5. The number of carbonyl (C=O) groups is 1. The van der Waals surface area contributed by atoms with Crippen LogP contribution in [0.5, 0.6) is 0 Å². The van der Waals surface area contributed by atoms with Gasteiger partial charge in [-0.3, -0.25) is 4.79 Å². The van der Waals surface area contributed by atoms with Crippen molar-refractivity contribution in [3.63, 3.8) is 0 Å². The fourth-order valence-electron chi connectivity index (χ4n) is 1.91. The Labute approximate surface area is 118 Å². The van der Waals surface area contributed by atoms with Gasteiger partial charge in [-0.15, -0.1) is 0 Å². The minimum Gasteiger partial charge on any atom is -0.322 e. The molecule has 0 fully saturated rings. The maximum atomic E-state index is 12.1. The molecule has 1 amide bonds. The van der Waals surface area contributed by atoms with E-state index >= 15 is 0 Å². The molecular weight excluding hydrogens is 254 g/mol. The molecule has 0 aliphatic rings. The second kappa shape index (κ2) is 6.29. The van der Waals surface area contributed by atoms with E-state index in [0.717, 1.165) is 0 Å². The van der Waals surface area contributed by atoms with Crippen LogP contribution in [0.1, 0.15) is 20.3 Å². The first-order valence-corrected chi connectivity index (χ1v) is 6.59. The standard InChI is InChI=1S/C14H19N5O/c1-10(2)9-11(15)14(20)18-12-5-3-6-16-13(12)19-8-4-7-17-19/h3-8,10-11H,9,15H2,1-2H3,(H,18,20)/t11-/m1/s1. The van der Waals surface area contributed by atoms with Crippen LogP contribution >= 0.6 is 0 Å². The Bertz CT molecular complexity index is 565. The Balaban J connectivity index is 2.16. The predicted molar refractivity (Wildman–Crippen MR) is 77.4 cm³/mol. The fraction of sp³-hybridized carbons (Fsp3) is 0.357. The lowest BCUT2D eigenvalue weighted by molar-refractivity contribution is -0.117. The predicted octanol–water partition coefficient (Wildman–Crippen LogP) is 1.58. The summed E-state index contributed by atoms with van der Waals surface area (Å²) in [5.41, 5.74) is 6.48. The van der Waals surface area contributed by atoms with Crippen LogP contribution in [0.25, 0.3) is 5.82 Å². The molecule has 2 aromatic rings. The highest BCUT2D eigenvalue weighted by molar-refractivity contribution is 5.95. The van der Waals surface area contributed by atoms with E-state index in [0.29, 0.717) is 23.8 Å². The molecule has 0 saturated carbocycles. The number of nitrogens with one attached hydrogen (secondary N) is 1. The Hall–Kier alpha value is -2.21. The number of amides is 1. The largest absolute Gasteiger partial charge is 0.322 e. The summed E-state index contributed by atoms with van der Waals surface area (Å²) in [6.07, 6.45) is 5.72. The molecule has 0 aliphatic heterocycles. The van der Waals surface area contributed by atoms with Crippen molar-refractivity contribution in [2.75, 3.05) is 5.32 Å². The Kier molecular flexibility index (Phi) is 4.47. The van der Waals surface area contributed by atoms with Gasteiger partial charge in [-0.1, -0.05) is 13.8 Å². The topological polar surface area (TPSA) is 85.8 Å². The molecule has 0 saturated heterocycles. The van der Waals surface area contributed by atoms with Crippen LogP contribution < -0.4 is 11.1 Å². The number of hydrogen-bond acceptors (Lipinski definition) is 4. The van der Waals surface area contributed by atoms with E-state index in [-0.39, 0.29) is 5.91 Å². The van der Waals surface area contributed by atoms with Crippen molar-refractivity contribution in [3.05, 3.63) is 36.8 Å². The highest BCUT2D eigenvalue weighted by atomic mass is 16.2. The minimum absolute atomic E-state index is 0.208. The quantitative estimate of drug-likeness (QED) is 0.866. The number of nitrogens with zero attached hydrogens (tertiary/aromatic N) is 3. The molecule has 2 aromatic heterocycles. The summed E-state index contributed by atoms with van der Waals surface area (Å²) in [6.45, 7) is 4.07. The van der Waals surface area contributed by atoms with Crippen LogP contribution in [-0.4, -0.2) is 26.7 Å². The van der Waals surface area contributed by atoms with Crippen molar-refractivity contribution in [1.82, 2.24) is 14.8 Å². The summed E-state index contributed by atoms with van der Waals surface area (Å²) >= 11 is 0. The molecule has 3 N–H and O–H groups in total. The van der Waals surface area contributed by atoms with Crippen molar-refractivity contribution < 1.29 is 4.79 Å². The number of anilines is 1. The van der Waals surface area contributed by atoms with Gasteiger partial charge >= 0.3 is 0 Å². The van der Waals surface area contributed by atoms with E-state index in [2.05, 4.69) is 15.4 Å². The average molecular weight is 273 g/mol. The normalized spacial score (nSPS) is 12.4. The van der Waals surface area contributed by atoms with Crippen LogP contribution in [0.3, 0.4) is 0 Å². The molecule has 1 atom stereocenters. The van der Waals surface area contributed by atoms with Gasteiger partial charge in [-0.05, 0) is 30.5 Å². The van der Waals surface area contributed by atoms with E-state index < -0.39 is 6.04 Å². The second-order valence-corrected chi connectivity index (χ2v) is 5.05. The molecule has 2 heterocycles. The van der Waals surface area contributed by atoms with Gasteiger partial charge in [0.25, 0.3) is 0 Å². The van der Waals surface area contributed by atoms with Crippen molar-refractivity contribution in [3.8, 4) is 5.82 Å². The number of pyridine rings is 1. The Morgan fingerprint density at radius 2 is 2.20 bits per heavy atom. The zero-order valence-electron chi connectivity index (χ0n) is 11.7. The highest BCUT2D eigenvalue weighted by Gasteiger charge is 2.17. The summed E-state index contributed by atoms with van der Waals surface area (Å²) in [4.78, 5) is 16.3. The Morgan fingerprint density at radius 1 is 1.40 bits per heavy atom. The molecular formula is C14H19N5O. The van der Waals surface area contributed by atoms with Crippen LogP contribution in [0, 0.1) is 5.92 Å². The molecule has 0 aliphatic carbocycles. The van der Waals surface area contributed by atoms with Crippen LogP contribution in [0.15, 0.2) is 36.8 Å². The lowest BCUT2D eigenvalue weighted by atomic mass is 10.0. The maximum Gasteiger partial charge on any atom is 0.241 e. The van der Waals surface area contributed by atoms with Gasteiger partial charge < -0.3 is 11.1 Å². The van der Waals surface area contributed by atoms with Crippen molar-refractivity contribution in [2.24, 2.45) is 11.7 Å². The molecule has 0 spiro atoms. The lowest BCUT2D eigenvalue weighted by Gasteiger charge is -2.15. The fourth-order valence-corrected chi connectivity index (χ4v) is 1.91. The van der Waals surface area contributed by atoms with Gasteiger partial charge in [0.15, 0.2) is 5.82 Å².